The monoisotopic (exact) mass is 285 g/mol. The predicted octanol–water partition coefficient (Wildman–Crippen LogP) is 2.75. The maximum atomic E-state index is 11.9. The van der Waals surface area contributed by atoms with E-state index in [9.17, 15) is 9.59 Å². The van der Waals surface area contributed by atoms with E-state index in [1.807, 2.05) is 25.2 Å². The molecular weight excluding hydrogens is 266 g/mol. The van der Waals surface area contributed by atoms with Crippen LogP contribution in [0.4, 0.5) is 10.5 Å². The number of rotatable bonds is 2. The zero-order valence-corrected chi connectivity index (χ0v) is 12.5. The van der Waals surface area contributed by atoms with Gasteiger partial charge in [-0.15, -0.1) is 0 Å². The van der Waals surface area contributed by atoms with E-state index in [1.54, 1.807) is 4.90 Å². The summed E-state index contributed by atoms with van der Waals surface area (Å²) in [6.07, 6.45) is 0.341. The molecule has 0 unspecified atom stereocenters. The number of amides is 3. The lowest BCUT2D eigenvalue weighted by atomic mass is 10.1. The highest BCUT2D eigenvalue weighted by atomic mass is 16.2. The minimum atomic E-state index is -0.344. The maximum absolute atomic E-state index is 11.9. The van der Waals surface area contributed by atoms with Gasteiger partial charge in [-0.1, -0.05) is 19.9 Å². The van der Waals surface area contributed by atoms with Crippen molar-refractivity contribution in [3.63, 3.8) is 0 Å². The van der Waals surface area contributed by atoms with Gasteiger partial charge >= 0.3 is 6.03 Å². The molecule has 1 fully saturated rings. The highest BCUT2D eigenvalue weighted by Crippen LogP contribution is 2.28. The molecule has 2 heterocycles. The molecule has 3 amide bonds. The van der Waals surface area contributed by atoms with Gasteiger partial charge in [0.15, 0.2) is 0 Å². The van der Waals surface area contributed by atoms with Crippen LogP contribution >= 0.6 is 0 Å². The fourth-order valence-electron chi connectivity index (χ4n) is 2.87. The Hall–Kier alpha value is -2.30. The molecule has 1 aromatic heterocycles. The smallest absolute Gasteiger partial charge is 0.328 e. The van der Waals surface area contributed by atoms with Gasteiger partial charge in [0.2, 0.25) is 5.91 Å². The molecule has 0 aliphatic carbocycles. The standard InChI is InChI=1S/C16H19N3O2/c1-10(2)13-8-11-4-5-12(9-14(11)18(13)3)19-7-6-15(20)17-16(19)21/h4-5,8-10H,6-7H2,1-3H3,(H,17,20,21). The van der Waals surface area contributed by atoms with Crippen molar-refractivity contribution in [1.82, 2.24) is 9.88 Å². The second kappa shape index (κ2) is 4.91. The number of urea groups is 1. The van der Waals surface area contributed by atoms with Gasteiger partial charge in [0.1, 0.15) is 0 Å². The molecule has 3 rings (SSSR count). The van der Waals surface area contributed by atoms with Gasteiger partial charge in [0.25, 0.3) is 0 Å². The Morgan fingerprint density at radius 3 is 2.62 bits per heavy atom. The van der Waals surface area contributed by atoms with Crippen LogP contribution in [0, 0.1) is 0 Å². The Labute approximate surface area is 123 Å². The molecule has 5 nitrogen and oxygen atoms in total. The molecule has 1 aromatic carbocycles. The number of imide groups is 1. The Morgan fingerprint density at radius 2 is 1.95 bits per heavy atom. The number of hydrogen-bond acceptors (Lipinski definition) is 2. The van der Waals surface area contributed by atoms with Crippen LogP contribution in [-0.2, 0) is 11.8 Å². The van der Waals surface area contributed by atoms with Crippen LogP contribution in [0.1, 0.15) is 31.9 Å². The molecule has 1 saturated heterocycles. The van der Waals surface area contributed by atoms with Gasteiger partial charge in [-0.3, -0.25) is 15.0 Å². The first-order valence-corrected chi connectivity index (χ1v) is 7.18. The van der Waals surface area contributed by atoms with Gasteiger partial charge in [0, 0.05) is 36.8 Å². The first-order valence-electron chi connectivity index (χ1n) is 7.18. The summed E-state index contributed by atoms with van der Waals surface area (Å²) in [4.78, 5) is 24.8. The van der Waals surface area contributed by atoms with E-state index in [-0.39, 0.29) is 11.9 Å². The maximum Gasteiger partial charge on any atom is 0.328 e. The fraction of sp³-hybridized carbons (Fsp3) is 0.375. The van der Waals surface area contributed by atoms with E-state index in [2.05, 4.69) is 29.8 Å². The Morgan fingerprint density at radius 1 is 1.19 bits per heavy atom. The van der Waals surface area contributed by atoms with E-state index in [0.717, 1.165) is 11.2 Å². The lowest BCUT2D eigenvalue weighted by Crippen LogP contribution is -2.49. The molecule has 110 valence electrons. The summed E-state index contributed by atoms with van der Waals surface area (Å²) in [5, 5.41) is 3.52. The van der Waals surface area contributed by atoms with E-state index in [1.165, 1.54) is 11.1 Å². The Balaban J connectivity index is 2.03. The van der Waals surface area contributed by atoms with E-state index >= 15 is 0 Å². The van der Waals surface area contributed by atoms with Crippen LogP contribution < -0.4 is 10.2 Å². The molecule has 0 bridgehead atoms. The van der Waals surface area contributed by atoms with Gasteiger partial charge < -0.3 is 4.57 Å². The molecule has 1 aliphatic heterocycles. The van der Waals surface area contributed by atoms with Crippen molar-refractivity contribution in [1.29, 1.82) is 0 Å². The van der Waals surface area contributed by atoms with Crippen molar-refractivity contribution < 1.29 is 9.59 Å². The van der Waals surface area contributed by atoms with Crippen LogP contribution in [0.15, 0.2) is 24.3 Å². The average Bonchev–Trinajstić information content (AvgIpc) is 2.76. The highest BCUT2D eigenvalue weighted by Gasteiger charge is 2.24. The van der Waals surface area contributed by atoms with Crippen LogP contribution in [0.5, 0.6) is 0 Å². The number of hydrogen-bond donors (Lipinski definition) is 1. The third kappa shape index (κ3) is 2.28. The topological polar surface area (TPSA) is 54.3 Å². The van der Waals surface area contributed by atoms with Crippen molar-refractivity contribution in [2.24, 2.45) is 7.05 Å². The van der Waals surface area contributed by atoms with Crippen molar-refractivity contribution in [2.75, 3.05) is 11.4 Å². The minimum Gasteiger partial charge on any atom is -0.347 e. The number of carbonyl (C=O) groups is 2. The third-order valence-electron chi connectivity index (χ3n) is 4.02. The Kier molecular flexibility index (Phi) is 3.20. The van der Waals surface area contributed by atoms with Crippen molar-refractivity contribution in [2.45, 2.75) is 26.2 Å². The fourth-order valence-corrected chi connectivity index (χ4v) is 2.87. The normalized spacial score (nSPS) is 15.9. The first-order chi connectivity index (χ1) is 9.97. The third-order valence-corrected chi connectivity index (χ3v) is 4.02. The van der Waals surface area contributed by atoms with E-state index in [4.69, 9.17) is 0 Å². The van der Waals surface area contributed by atoms with Crippen molar-refractivity contribution >= 4 is 28.5 Å². The molecule has 2 aromatic rings. The number of benzene rings is 1. The number of aromatic nitrogens is 1. The SMILES string of the molecule is CC(C)c1cc2ccc(N3CCC(=O)NC3=O)cc2n1C. The zero-order valence-electron chi connectivity index (χ0n) is 12.5. The molecule has 1 aliphatic rings. The minimum absolute atomic E-state index is 0.210. The molecule has 1 N–H and O–H groups in total. The van der Waals surface area contributed by atoms with Crippen LogP contribution in [-0.4, -0.2) is 23.1 Å². The van der Waals surface area contributed by atoms with Crippen LogP contribution in [0.25, 0.3) is 10.9 Å². The lowest BCUT2D eigenvalue weighted by molar-refractivity contribution is -0.120. The zero-order chi connectivity index (χ0) is 15.1. The van der Waals surface area contributed by atoms with Gasteiger partial charge in [-0.2, -0.15) is 0 Å². The molecule has 0 spiro atoms. The first kappa shape index (κ1) is 13.7. The number of aryl methyl sites for hydroxylation is 1. The number of nitrogens with zero attached hydrogens (tertiary/aromatic N) is 2. The largest absolute Gasteiger partial charge is 0.347 e. The molecule has 0 atom stereocenters. The quantitative estimate of drug-likeness (QED) is 0.922. The summed E-state index contributed by atoms with van der Waals surface area (Å²) in [6, 6.07) is 7.81. The molecule has 0 radical (unpaired) electrons. The van der Waals surface area contributed by atoms with Crippen LogP contribution in [0.3, 0.4) is 0 Å². The summed E-state index contributed by atoms with van der Waals surface area (Å²) in [7, 11) is 2.04. The van der Waals surface area contributed by atoms with Gasteiger partial charge in [0.05, 0.1) is 5.52 Å². The summed E-state index contributed by atoms with van der Waals surface area (Å²) >= 11 is 0. The highest BCUT2D eigenvalue weighted by molar-refractivity contribution is 6.06. The summed E-state index contributed by atoms with van der Waals surface area (Å²) in [5.74, 6) is 0.236. The molecular formula is C16H19N3O2. The number of fused-ring (bicyclic) bond motifs is 1. The van der Waals surface area contributed by atoms with E-state index in [0.29, 0.717) is 18.9 Å². The number of nitrogens with one attached hydrogen (secondary N) is 1. The van der Waals surface area contributed by atoms with Gasteiger partial charge in [-0.25, -0.2) is 4.79 Å². The van der Waals surface area contributed by atoms with E-state index < -0.39 is 0 Å². The second-order valence-corrected chi connectivity index (χ2v) is 5.78. The number of anilines is 1. The van der Waals surface area contributed by atoms with Crippen molar-refractivity contribution in [3.05, 3.63) is 30.0 Å². The molecule has 21 heavy (non-hydrogen) atoms. The molecule has 5 heteroatoms. The average molecular weight is 285 g/mol. The Bertz CT molecular complexity index is 730. The summed E-state index contributed by atoms with van der Waals surface area (Å²) in [5.41, 5.74) is 3.19. The van der Waals surface area contributed by atoms with Crippen LogP contribution in [0.2, 0.25) is 0 Å². The lowest BCUT2D eigenvalue weighted by Gasteiger charge is -2.26. The predicted molar refractivity (Wildman–Crippen MR) is 82.5 cm³/mol. The molecule has 0 saturated carbocycles. The van der Waals surface area contributed by atoms with Gasteiger partial charge in [-0.05, 0) is 24.1 Å². The summed E-state index contributed by atoms with van der Waals surface area (Å²) < 4.78 is 2.16. The summed E-state index contributed by atoms with van der Waals surface area (Å²) in [6.45, 7) is 4.76. The number of carbonyl (C=O) groups excluding carboxylic acids is 2. The second-order valence-electron chi connectivity index (χ2n) is 5.78. The van der Waals surface area contributed by atoms with Crippen molar-refractivity contribution in [3.8, 4) is 0 Å².